The molecule has 3 nitrogen and oxygen atoms in total. The van der Waals surface area contributed by atoms with Crippen molar-refractivity contribution < 1.29 is 4.79 Å². The van der Waals surface area contributed by atoms with Gasteiger partial charge in [-0.1, -0.05) is 11.6 Å². The number of nitrogens with zero attached hydrogens (tertiary/aromatic N) is 1. The fraction of sp³-hybridized carbons (Fsp3) is 0.333. The Bertz CT molecular complexity index is 577. The number of carbonyl (C=O) groups is 1. The Balaban J connectivity index is 2.49. The Labute approximate surface area is 109 Å². The van der Waals surface area contributed by atoms with Crippen molar-refractivity contribution in [3.63, 3.8) is 0 Å². The standard InChI is InChI=1S/C12H13ClN2OS/c1-7(16)15-12(2,3)10-6-9-11(17-10)8(13)4-5-14-9/h4-6H,1-3H3,(H,15,16). The number of carbonyl (C=O) groups excluding carboxylic acids is 1. The highest BCUT2D eigenvalue weighted by Gasteiger charge is 2.24. The quantitative estimate of drug-likeness (QED) is 0.908. The molecule has 0 aliphatic heterocycles. The van der Waals surface area contributed by atoms with Crippen molar-refractivity contribution in [1.29, 1.82) is 0 Å². The van der Waals surface area contributed by atoms with Crippen molar-refractivity contribution in [2.24, 2.45) is 0 Å². The molecule has 2 aromatic heterocycles. The van der Waals surface area contributed by atoms with Gasteiger partial charge in [0.25, 0.3) is 0 Å². The predicted molar refractivity (Wildman–Crippen MR) is 71.5 cm³/mol. The lowest BCUT2D eigenvalue weighted by molar-refractivity contribution is -0.120. The van der Waals surface area contributed by atoms with Crippen LogP contribution in [0.15, 0.2) is 18.3 Å². The topological polar surface area (TPSA) is 42.0 Å². The number of aromatic nitrogens is 1. The molecule has 2 heterocycles. The van der Waals surface area contributed by atoms with E-state index in [1.807, 2.05) is 19.9 Å². The van der Waals surface area contributed by atoms with Gasteiger partial charge in [-0.3, -0.25) is 9.78 Å². The van der Waals surface area contributed by atoms with E-state index in [-0.39, 0.29) is 5.91 Å². The Kier molecular flexibility index (Phi) is 3.10. The molecule has 2 rings (SSSR count). The van der Waals surface area contributed by atoms with Crippen LogP contribution in [0.25, 0.3) is 10.2 Å². The summed E-state index contributed by atoms with van der Waals surface area (Å²) in [6.07, 6.45) is 1.69. The molecule has 0 bridgehead atoms. The van der Waals surface area contributed by atoms with E-state index in [0.717, 1.165) is 15.1 Å². The number of nitrogens with one attached hydrogen (secondary N) is 1. The zero-order valence-corrected chi connectivity index (χ0v) is 11.4. The second kappa shape index (κ2) is 4.27. The molecule has 0 unspecified atom stereocenters. The lowest BCUT2D eigenvalue weighted by Gasteiger charge is -2.23. The molecule has 0 fully saturated rings. The maximum atomic E-state index is 11.2. The summed E-state index contributed by atoms with van der Waals surface area (Å²) < 4.78 is 0.961. The number of hydrogen-bond acceptors (Lipinski definition) is 3. The van der Waals surface area contributed by atoms with Crippen molar-refractivity contribution in [2.75, 3.05) is 0 Å². The highest BCUT2D eigenvalue weighted by molar-refractivity contribution is 7.19. The molecule has 2 aromatic rings. The molecule has 17 heavy (non-hydrogen) atoms. The van der Waals surface area contributed by atoms with Gasteiger partial charge in [0, 0.05) is 18.0 Å². The molecular weight excluding hydrogens is 256 g/mol. The van der Waals surface area contributed by atoms with Gasteiger partial charge in [-0.2, -0.15) is 0 Å². The van der Waals surface area contributed by atoms with Crippen LogP contribution in [0.4, 0.5) is 0 Å². The molecule has 0 aliphatic carbocycles. The number of thiophene rings is 1. The summed E-state index contributed by atoms with van der Waals surface area (Å²) >= 11 is 7.67. The molecule has 1 N–H and O–H groups in total. The average Bonchev–Trinajstić information content (AvgIpc) is 2.61. The van der Waals surface area contributed by atoms with E-state index in [1.54, 1.807) is 23.6 Å². The third-order valence-electron chi connectivity index (χ3n) is 2.47. The summed E-state index contributed by atoms with van der Waals surface area (Å²) in [7, 11) is 0. The van der Waals surface area contributed by atoms with Gasteiger partial charge in [0.05, 0.1) is 20.8 Å². The van der Waals surface area contributed by atoms with Crippen LogP contribution in [-0.2, 0) is 10.3 Å². The van der Waals surface area contributed by atoms with E-state index < -0.39 is 5.54 Å². The third-order valence-corrected chi connectivity index (χ3v) is 4.38. The lowest BCUT2D eigenvalue weighted by atomic mass is 10.0. The fourth-order valence-corrected chi connectivity index (χ4v) is 3.06. The molecule has 1 amide bonds. The van der Waals surface area contributed by atoms with Crippen molar-refractivity contribution in [2.45, 2.75) is 26.3 Å². The minimum atomic E-state index is -0.402. The first-order chi connectivity index (χ1) is 7.90. The Morgan fingerprint density at radius 1 is 1.53 bits per heavy atom. The Morgan fingerprint density at radius 2 is 2.24 bits per heavy atom. The largest absolute Gasteiger partial charge is 0.347 e. The zero-order valence-electron chi connectivity index (χ0n) is 9.87. The van der Waals surface area contributed by atoms with E-state index in [2.05, 4.69) is 10.3 Å². The van der Waals surface area contributed by atoms with Crippen molar-refractivity contribution in [3.8, 4) is 0 Å². The van der Waals surface area contributed by atoms with Gasteiger partial charge in [0.15, 0.2) is 0 Å². The maximum Gasteiger partial charge on any atom is 0.217 e. The average molecular weight is 269 g/mol. The number of amides is 1. The molecule has 0 spiro atoms. The second-order valence-electron chi connectivity index (χ2n) is 4.42. The normalized spacial score (nSPS) is 11.8. The fourth-order valence-electron chi connectivity index (χ4n) is 1.72. The first kappa shape index (κ1) is 12.3. The Morgan fingerprint density at radius 3 is 2.82 bits per heavy atom. The van der Waals surface area contributed by atoms with Gasteiger partial charge in [0.2, 0.25) is 5.91 Å². The summed E-state index contributed by atoms with van der Waals surface area (Å²) in [4.78, 5) is 16.5. The molecule has 0 aromatic carbocycles. The van der Waals surface area contributed by atoms with Crippen LogP contribution in [-0.4, -0.2) is 10.9 Å². The van der Waals surface area contributed by atoms with Crippen LogP contribution in [0.1, 0.15) is 25.6 Å². The van der Waals surface area contributed by atoms with E-state index in [9.17, 15) is 4.79 Å². The first-order valence-corrected chi connectivity index (χ1v) is 6.43. The molecule has 0 saturated carbocycles. The Hall–Kier alpha value is -1.13. The maximum absolute atomic E-state index is 11.2. The number of rotatable bonds is 2. The van der Waals surface area contributed by atoms with Crippen molar-refractivity contribution in [1.82, 2.24) is 10.3 Å². The van der Waals surface area contributed by atoms with E-state index in [1.165, 1.54) is 6.92 Å². The third kappa shape index (κ3) is 2.42. The van der Waals surface area contributed by atoms with Crippen molar-refractivity contribution >= 4 is 39.1 Å². The second-order valence-corrected chi connectivity index (χ2v) is 5.88. The van der Waals surface area contributed by atoms with Gasteiger partial charge in [-0.25, -0.2) is 0 Å². The number of halogens is 1. The highest BCUT2D eigenvalue weighted by atomic mass is 35.5. The summed E-state index contributed by atoms with van der Waals surface area (Å²) in [6, 6.07) is 3.75. The predicted octanol–water partition coefficient (Wildman–Crippen LogP) is 3.32. The zero-order chi connectivity index (χ0) is 12.6. The minimum Gasteiger partial charge on any atom is -0.347 e. The van der Waals surface area contributed by atoms with E-state index in [4.69, 9.17) is 11.6 Å². The van der Waals surface area contributed by atoms with Gasteiger partial charge < -0.3 is 5.32 Å². The first-order valence-electron chi connectivity index (χ1n) is 5.23. The molecule has 0 aliphatic rings. The number of fused-ring (bicyclic) bond motifs is 1. The number of pyridine rings is 1. The summed E-state index contributed by atoms with van der Waals surface area (Å²) in [5, 5.41) is 3.62. The smallest absolute Gasteiger partial charge is 0.217 e. The van der Waals surface area contributed by atoms with Crippen molar-refractivity contribution in [3.05, 3.63) is 28.2 Å². The van der Waals surface area contributed by atoms with Crippen LogP contribution in [0.2, 0.25) is 5.02 Å². The molecule has 0 atom stereocenters. The van der Waals surface area contributed by atoms with Crippen LogP contribution < -0.4 is 5.32 Å². The molecule has 0 radical (unpaired) electrons. The van der Waals surface area contributed by atoms with Crippen LogP contribution >= 0.6 is 22.9 Å². The summed E-state index contributed by atoms with van der Waals surface area (Å²) in [5.74, 6) is -0.0495. The molecule has 0 saturated heterocycles. The molecule has 5 heteroatoms. The molecule has 90 valence electrons. The van der Waals surface area contributed by atoms with Crippen LogP contribution in [0.5, 0.6) is 0 Å². The summed E-state index contributed by atoms with van der Waals surface area (Å²) in [6.45, 7) is 5.44. The van der Waals surface area contributed by atoms with Gasteiger partial charge in [-0.05, 0) is 26.0 Å². The van der Waals surface area contributed by atoms with Gasteiger partial charge in [0.1, 0.15) is 0 Å². The van der Waals surface area contributed by atoms with E-state index in [0.29, 0.717) is 5.02 Å². The van der Waals surface area contributed by atoms with Crippen LogP contribution in [0, 0.1) is 0 Å². The summed E-state index contributed by atoms with van der Waals surface area (Å²) in [5.41, 5.74) is 0.469. The lowest BCUT2D eigenvalue weighted by Crippen LogP contribution is -2.38. The monoisotopic (exact) mass is 268 g/mol. The van der Waals surface area contributed by atoms with Crippen LogP contribution in [0.3, 0.4) is 0 Å². The molecular formula is C12H13ClN2OS. The van der Waals surface area contributed by atoms with Gasteiger partial charge >= 0.3 is 0 Å². The highest BCUT2D eigenvalue weighted by Crippen LogP contribution is 2.35. The SMILES string of the molecule is CC(=O)NC(C)(C)c1cc2nccc(Cl)c2s1. The number of hydrogen-bond donors (Lipinski definition) is 1. The van der Waals surface area contributed by atoms with Gasteiger partial charge in [-0.15, -0.1) is 11.3 Å². The van der Waals surface area contributed by atoms with E-state index >= 15 is 0 Å². The minimum absolute atomic E-state index is 0.0495.